The zero-order valence-electron chi connectivity index (χ0n) is 13.1. The lowest BCUT2D eigenvalue weighted by Crippen LogP contribution is -2.27. The molecule has 4 heteroatoms. The summed E-state index contributed by atoms with van der Waals surface area (Å²) >= 11 is 0. The van der Waals surface area contributed by atoms with Crippen LogP contribution in [0.25, 0.3) is 0 Å². The molecule has 0 aromatic heterocycles. The second-order valence-corrected chi connectivity index (χ2v) is 4.66. The minimum absolute atomic E-state index is 0.0765. The first-order chi connectivity index (χ1) is 9.78. The van der Waals surface area contributed by atoms with Crippen LogP contribution in [0.5, 0.6) is 11.5 Å². The van der Waals surface area contributed by atoms with Gasteiger partial charge in [0.05, 0.1) is 32.4 Å². The van der Waals surface area contributed by atoms with Crippen molar-refractivity contribution in [3.8, 4) is 11.5 Å². The zero-order valence-corrected chi connectivity index (χ0v) is 13.1. The van der Waals surface area contributed by atoms with E-state index in [9.17, 15) is 0 Å². The van der Waals surface area contributed by atoms with Gasteiger partial charge in [0.2, 0.25) is 0 Å². The van der Waals surface area contributed by atoms with Crippen LogP contribution in [0.2, 0.25) is 0 Å². The molecule has 0 spiro atoms. The smallest absolute Gasteiger partial charge is 0.127 e. The largest absolute Gasteiger partial charge is 0.496 e. The van der Waals surface area contributed by atoms with Gasteiger partial charge in [-0.25, -0.2) is 0 Å². The molecule has 0 amide bonds. The second kappa shape index (κ2) is 9.61. The number of hydrogen-bond acceptors (Lipinski definition) is 4. The van der Waals surface area contributed by atoms with E-state index in [2.05, 4.69) is 19.2 Å². The molecule has 0 saturated heterocycles. The van der Waals surface area contributed by atoms with Gasteiger partial charge in [-0.3, -0.25) is 0 Å². The molecule has 0 radical (unpaired) electrons. The summed E-state index contributed by atoms with van der Waals surface area (Å²) in [6.45, 7) is 6.57. The first-order valence-corrected chi connectivity index (χ1v) is 7.30. The van der Waals surface area contributed by atoms with E-state index in [1.807, 2.05) is 18.2 Å². The maximum absolute atomic E-state index is 5.72. The van der Waals surface area contributed by atoms with Crippen molar-refractivity contribution < 1.29 is 14.2 Å². The second-order valence-electron chi connectivity index (χ2n) is 4.66. The number of hydrogen-bond donors (Lipinski definition) is 1. The summed E-state index contributed by atoms with van der Waals surface area (Å²) in [5.41, 5.74) is 1.03. The molecule has 114 valence electrons. The topological polar surface area (TPSA) is 39.7 Å². The molecule has 0 aliphatic rings. The quantitative estimate of drug-likeness (QED) is 0.669. The first-order valence-electron chi connectivity index (χ1n) is 7.30. The van der Waals surface area contributed by atoms with Gasteiger partial charge in [-0.1, -0.05) is 19.9 Å². The number of rotatable bonds is 10. The number of nitrogens with one attached hydrogen (secondary N) is 1. The molecule has 20 heavy (non-hydrogen) atoms. The molecule has 1 aromatic rings. The Hall–Kier alpha value is -1.26. The van der Waals surface area contributed by atoms with Gasteiger partial charge >= 0.3 is 0 Å². The highest BCUT2D eigenvalue weighted by Crippen LogP contribution is 2.34. The monoisotopic (exact) mass is 281 g/mol. The third-order valence-corrected chi connectivity index (χ3v) is 3.09. The van der Waals surface area contributed by atoms with Crippen molar-refractivity contribution in [1.29, 1.82) is 0 Å². The highest BCUT2D eigenvalue weighted by Gasteiger charge is 2.20. The molecule has 1 unspecified atom stereocenters. The van der Waals surface area contributed by atoms with Gasteiger partial charge in [0.15, 0.2) is 0 Å². The predicted molar refractivity (Wildman–Crippen MR) is 81.7 cm³/mol. The molecule has 0 fully saturated rings. The van der Waals surface area contributed by atoms with Crippen LogP contribution in [0.15, 0.2) is 18.2 Å². The van der Waals surface area contributed by atoms with E-state index in [0.29, 0.717) is 6.61 Å². The van der Waals surface area contributed by atoms with Gasteiger partial charge in [0, 0.05) is 6.61 Å². The van der Waals surface area contributed by atoms with Gasteiger partial charge in [0.1, 0.15) is 11.5 Å². The molecule has 0 saturated carbocycles. The minimum Gasteiger partial charge on any atom is -0.496 e. The Morgan fingerprint density at radius 1 is 1.05 bits per heavy atom. The van der Waals surface area contributed by atoms with Crippen LogP contribution in [0, 0.1) is 0 Å². The van der Waals surface area contributed by atoms with Crippen LogP contribution < -0.4 is 14.8 Å². The summed E-state index contributed by atoms with van der Waals surface area (Å²) in [7, 11) is 3.37. The van der Waals surface area contributed by atoms with E-state index in [-0.39, 0.29) is 6.04 Å². The van der Waals surface area contributed by atoms with Crippen molar-refractivity contribution in [2.45, 2.75) is 32.7 Å². The molecular formula is C16H27NO3. The van der Waals surface area contributed by atoms with Gasteiger partial charge in [-0.2, -0.15) is 0 Å². The average Bonchev–Trinajstić information content (AvgIpc) is 2.50. The number of ether oxygens (including phenoxy) is 3. The Morgan fingerprint density at radius 2 is 1.70 bits per heavy atom. The molecule has 0 heterocycles. The summed E-state index contributed by atoms with van der Waals surface area (Å²) in [5.74, 6) is 1.66. The SMILES string of the molecule is CCCNC(COCCC)c1c(OC)cccc1OC. The van der Waals surface area contributed by atoms with E-state index < -0.39 is 0 Å². The molecule has 4 nitrogen and oxygen atoms in total. The number of benzene rings is 1. The fourth-order valence-corrected chi connectivity index (χ4v) is 2.13. The lowest BCUT2D eigenvalue weighted by atomic mass is 10.0. The third-order valence-electron chi connectivity index (χ3n) is 3.09. The van der Waals surface area contributed by atoms with Gasteiger partial charge in [-0.15, -0.1) is 0 Å². The van der Waals surface area contributed by atoms with Crippen molar-refractivity contribution >= 4 is 0 Å². The highest BCUT2D eigenvalue weighted by atomic mass is 16.5. The van der Waals surface area contributed by atoms with Crippen LogP contribution in [0.1, 0.15) is 38.3 Å². The summed E-state index contributed by atoms with van der Waals surface area (Å²) in [6, 6.07) is 5.93. The summed E-state index contributed by atoms with van der Waals surface area (Å²) in [4.78, 5) is 0. The Morgan fingerprint density at radius 3 is 2.20 bits per heavy atom. The molecule has 1 N–H and O–H groups in total. The lowest BCUT2D eigenvalue weighted by Gasteiger charge is -2.23. The fourth-order valence-electron chi connectivity index (χ4n) is 2.13. The van der Waals surface area contributed by atoms with Gasteiger partial charge in [0.25, 0.3) is 0 Å². The van der Waals surface area contributed by atoms with Crippen LogP contribution in [-0.4, -0.2) is 34.0 Å². The summed E-state index contributed by atoms with van der Waals surface area (Å²) in [6.07, 6.45) is 2.09. The van der Waals surface area contributed by atoms with Crippen LogP contribution >= 0.6 is 0 Å². The Bertz CT molecular complexity index is 360. The average molecular weight is 281 g/mol. The summed E-state index contributed by atoms with van der Waals surface area (Å²) < 4.78 is 16.7. The standard InChI is InChI=1S/C16H27NO3/c1-5-10-17-13(12-20-11-6-2)16-14(18-3)8-7-9-15(16)19-4/h7-9,13,17H,5-6,10-12H2,1-4H3. The predicted octanol–water partition coefficient (Wildman–Crippen LogP) is 3.17. The Kier molecular flexibility index (Phi) is 8.07. The van der Waals surface area contributed by atoms with Crippen molar-refractivity contribution in [2.75, 3.05) is 34.0 Å². The van der Waals surface area contributed by atoms with Crippen LogP contribution in [0.3, 0.4) is 0 Å². The van der Waals surface area contributed by atoms with E-state index >= 15 is 0 Å². The number of methoxy groups -OCH3 is 2. The third kappa shape index (κ3) is 4.69. The molecule has 1 aromatic carbocycles. The van der Waals surface area contributed by atoms with Crippen molar-refractivity contribution in [3.63, 3.8) is 0 Å². The van der Waals surface area contributed by atoms with E-state index in [1.165, 1.54) is 0 Å². The maximum Gasteiger partial charge on any atom is 0.127 e. The zero-order chi connectivity index (χ0) is 14.8. The van der Waals surface area contributed by atoms with Crippen LogP contribution in [0.4, 0.5) is 0 Å². The lowest BCUT2D eigenvalue weighted by molar-refractivity contribution is 0.110. The molecule has 0 aliphatic carbocycles. The van der Waals surface area contributed by atoms with Crippen molar-refractivity contribution in [2.24, 2.45) is 0 Å². The summed E-state index contributed by atoms with van der Waals surface area (Å²) in [5, 5.41) is 3.51. The first kappa shape index (κ1) is 16.8. The van der Waals surface area contributed by atoms with E-state index in [4.69, 9.17) is 14.2 Å². The molecule has 0 aliphatic heterocycles. The molecule has 0 bridgehead atoms. The minimum atomic E-state index is 0.0765. The maximum atomic E-state index is 5.72. The van der Waals surface area contributed by atoms with Gasteiger partial charge < -0.3 is 19.5 Å². The van der Waals surface area contributed by atoms with Gasteiger partial charge in [-0.05, 0) is 31.5 Å². The van der Waals surface area contributed by atoms with Crippen molar-refractivity contribution in [3.05, 3.63) is 23.8 Å². The van der Waals surface area contributed by atoms with Crippen LogP contribution in [-0.2, 0) is 4.74 Å². The Balaban J connectivity index is 2.97. The molecule has 1 atom stereocenters. The van der Waals surface area contributed by atoms with E-state index in [1.54, 1.807) is 14.2 Å². The normalized spacial score (nSPS) is 12.2. The van der Waals surface area contributed by atoms with E-state index in [0.717, 1.165) is 43.1 Å². The molecule has 1 rings (SSSR count). The van der Waals surface area contributed by atoms with Crippen molar-refractivity contribution in [1.82, 2.24) is 5.32 Å². The highest BCUT2D eigenvalue weighted by molar-refractivity contribution is 5.47. The molecular weight excluding hydrogens is 254 g/mol. The Labute approximate surface area is 122 Å². The fraction of sp³-hybridized carbons (Fsp3) is 0.625.